The van der Waals surface area contributed by atoms with E-state index in [1.165, 1.54) is 0 Å². The molecule has 4 rings (SSSR count). The number of Topliss-reactive ketones (excluding diaryl/α,β-unsaturated/α-hetero) is 1. The van der Waals surface area contributed by atoms with Crippen LogP contribution in [0.15, 0.2) is 69.5 Å². The van der Waals surface area contributed by atoms with Crippen molar-refractivity contribution in [2.75, 3.05) is 20.8 Å². The first-order valence-corrected chi connectivity index (χ1v) is 12.9. The first-order valence-electron chi connectivity index (χ1n) is 12.1. The minimum atomic E-state index is -0.598. The average molecular weight is 554 g/mol. The van der Waals surface area contributed by atoms with E-state index in [0.717, 1.165) is 21.3 Å². The molecule has 1 heterocycles. The molecule has 0 radical (unpaired) electrons. The summed E-state index contributed by atoms with van der Waals surface area (Å²) in [7, 11) is 3.14. The zero-order valence-corrected chi connectivity index (χ0v) is 22.9. The summed E-state index contributed by atoms with van der Waals surface area (Å²) < 4.78 is 17.4. The van der Waals surface area contributed by atoms with E-state index in [1.807, 2.05) is 51.1 Å². The van der Waals surface area contributed by atoms with Crippen LogP contribution in [0.3, 0.4) is 0 Å². The summed E-state index contributed by atoms with van der Waals surface area (Å²) in [4.78, 5) is 27.2. The Morgan fingerprint density at radius 2 is 1.75 bits per heavy atom. The molecule has 6 nitrogen and oxygen atoms in total. The average Bonchev–Trinajstić information content (AvgIpc) is 2.86. The first-order chi connectivity index (χ1) is 17.2. The second kappa shape index (κ2) is 10.9. The van der Waals surface area contributed by atoms with E-state index in [1.54, 1.807) is 14.2 Å². The Morgan fingerprint density at radius 1 is 1.08 bits per heavy atom. The molecule has 36 heavy (non-hydrogen) atoms. The molecule has 1 aliphatic carbocycles. The van der Waals surface area contributed by atoms with Crippen LogP contribution in [0.2, 0.25) is 0 Å². The number of allylic oxidation sites excluding steroid dienone is 3. The van der Waals surface area contributed by atoms with Crippen LogP contribution in [0.1, 0.15) is 56.6 Å². The standard InChI is InChI=1S/C29H32BrNO5/c1-16(2)15-36-29(33)26-17(3)31-22-11-19(18-9-7-6-8-10-18)12-23(32)28(22)27(26)20-13-24(34-4)25(35-5)14-21(20)30/h6-10,13-14,16,19,27,31H,11-12,15H2,1-5H3/t19-,27-/m0/s1. The molecule has 0 fully saturated rings. The highest BCUT2D eigenvalue weighted by Gasteiger charge is 2.42. The van der Waals surface area contributed by atoms with Crippen molar-refractivity contribution in [3.8, 4) is 11.5 Å². The van der Waals surface area contributed by atoms with Gasteiger partial charge in [-0.2, -0.15) is 0 Å². The predicted molar refractivity (Wildman–Crippen MR) is 142 cm³/mol. The van der Waals surface area contributed by atoms with Gasteiger partial charge in [0.2, 0.25) is 0 Å². The van der Waals surface area contributed by atoms with Crippen molar-refractivity contribution in [1.82, 2.24) is 5.32 Å². The van der Waals surface area contributed by atoms with E-state index in [9.17, 15) is 9.59 Å². The number of hydrogen-bond acceptors (Lipinski definition) is 6. The van der Waals surface area contributed by atoms with Gasteiger partial charge in [0, 0.05) is 33.8 Å². The van der Waals surface area contributed by atoms with Gasteiger partial charge >= 0.3 is 5.97 Å². The molecular weight excluding hydrogens is 522 g/mol. The number of dihydropyridines is 1. The first kappa shape index (κ1) is 26.0. The molecule has 0 amide bonds. The smallest absolute Gasteiger partial charge is 0.336 e. The quantitative estimate of drug-likeness (QED) is 0.422. The van der Waals surface area contributed by atoms with Gasteiger partial charge in [-0.3, -0.25) is 4.79 Å². The number of nitrogens with one attached hydrogen (secondary N) is 1. The fraction of sp³-hybridized carbons (Fsp3) is 0.379. The van der Waals surface area contributed by atoms with Crippen LogP contribution in [0.25, 0.3) is 0 Å². The molecular formula is C29H32BrNO5. The number of ether oxygens (including phenoxy) is 3. The number of methoxy groups -OCH3 is 2. The Morgan fingerprint density at radius 3 is 2.39 bits per heavy atom. The highest BCUT2D eigenvalue weighted by molar-refractivity contribution is 9.10. The van der Waals surface area contributed by atoms with Crippen molar-refractivity contribution >= 4 is 27.7 Å². The van der Waals surface area contributed by atoms with Crippen LogP contribution in [0.4, 0.5) is 0 Å². The van der Waals surface area contributed by atoms with Gasteiger partial charge in [-0.15, -0.1) is 0 Å². The highest BCUT2D eigenvalue weighted by Crippen LogP contribution is 2.49. The summed E-state index contributed by atoms with van der Waals surface area (Å²) in [6.07, 6.45) is 1.05. The van der Waals surface area contributed by atoms with E-state index < -0.39 is 11.9 Å². The van der Waals surface area contributed by atoms with E-state index in [0.29, 0.717) is 47.8 Å². The molecule has 0 aromatic heterocycles. The molecule has 0 unspecified atom stereocenters. The summed E-state index contributed by atoms with van der Waals surface area (Å²) >= 11 is 3.67. The second-order valence-corrected chi connectivity index (χ2v) is 10.5. The third-order valence-electron chi connectivity index (χ3n) is 6.68. The molecule has 1 N–H and O–H groups in total. The maximum Gasteiger partial charge on any atom is 0.336 e. The topological polar surface area (TPSA) is 73.9 Å². The molecule has 0 saturated carbocycles. The van der Waals surface area contributed by atoms with E-state index in [2.05, 4.69) is 33.4 Å². The Hall–Kier alpha value is -3.06. The molecule has 0 spiro atoms. The molecule has 190 valence electrons. The third-order valence-corrected chi connectivity index (χ3v) is 7.37. The molecule has 7 heteroatoms. The lowest BCUT2D eigenvalue weighted by Crippen LogP contribution is -2.36. The van der Waals surface area contributed by atoms with E-state index >= 15 is 0 Å². The van der Waals surface area contributed by atoms with Crippen LogP contribution in [0, 0.1) is 5.92 Å². The lowest BCUT2D eigenvalue weighted by atomic mass is 9.71. The summed E-state index contributed by atoms with van der Waals surface area (Å²) in [5, 5.41) is 3.40. The Labute approximate surface area is 220 Å². The van der Waals surface area contributed by atoms with Crippen molar-refractivity contribution in [2.24, 2.45) is 5.92 Å². The number of ketones is 1. The minimum Gasteiger partial charge on any atom is -0.493 e. The summed E-state index contributed by atoms with van der Waals surface area (Å²) in [6, 6.07) is 13.7. The fourth-order valence-corrected chi connectivity index (χ4v) is 5.54. The van der Waals surface area contributed by atoms with Crippen LogP contribution < -0.4 is 14.8 Å². The van der Waals surface area contributed by atoms with Gasteiger partial charge in [-0.25, -0.2) is 4.79 Å². The maximum atomic E-state index is 13.8. The molecule has 2 aromatic carbocycles. The number of esters is 1. The zero-order valence-electron chi connectivity index (χ0n) is 21.3. The van der Waals surface area contributed by atoms with Crippen molar-refractivity contribution in [3.05, 3.63) is 80.6 Å². The lowest BCUT2D eigenvalue weighted by Gasteiger charge is -2.37. The molecule has 2 aliphatic rings. The minimum absolute atomic E-state index is 0.0194. The predicted octanol–water partition coefficient (Wildman–Crippen LogP) is 6.03. The second-order valence-electron chi connectivity index (χ2n) is 9.65. The molecule has 0 saturated heterocycles. The maximum absolute atomic E-state index is 13.8. The monoisotopic (exact) mass is 553 g/mol. The molecule has 2 atom stereocenters. The van der Waals surface area contributed by atoms with Gasteiger partial charge in [-0.05, 0) is 48.4 Å². The largest absolute Gasteiger partial charge is 0.493 e. The fourth-order valence-electron chi connectivity index (χ4n) is 4.99. The van der Waals surface area contributed by atoms with Gasteiger partial charge in [0.25, 0.3) is 0 Å². The van der Waals surface area contributed by atoms with Gasteiger partial charge in [0.1, 0.15) is 0 Å². The zero-order chi connectivity index (χ0) is 26.0. The van der Waals surface area contributed by atoms with Gasteiger partial charge in [0.15, 0.2) is 17.3 Å². The Balaban J connectivity index is 1.85. The summed E-state index contributed by atoms with van der Waals surface area (Å²) in [6.45, 7) is 6.15. The normalized spacial score (nSPS) is 19.7. The highest BCUT2D eigenvalue weighted by atomic mass is 79.9. The van der Waals surface area contributed by atoms with Gasteiger partial charge in [-0.1, -0.05) is 60.1 Å². The summed E-state index contributed by atoms with van der Waals surface area (Å²) in [5.74, 6) is 0.335. The van der Waals surface area contributed by atoms with Crippen molar-refractivity contribution in [2.45, 2.75) is 45.4 Å². The number of rotatable bonds is 7. The van der Waals surface area contributed by atoms with Crippen LogP contribution in [-0.4, -0.2) is 32.6 Å². The van der Waals surface area contributed by atoms with Crippen LogP contribution in [0.5, 0.6) is 11.5 Å². The van der Waals surface area contributed by atoms with Crippen molar-refractivity contribution < 1.29 is 23.8 Å². The number of carbonyl (C=O) groups excluding carboxylic acids is 2. The number of hydrogen-bond donors (Lipinski definition) is 1. The summed E-state index contributed by atoms with van der Waals surface area (Å²) in [5.41, 5.74) is 4.47. The lowest BCUT2D eigenvalue weighted by molar-refractivity contribution is -0.140. The van der Waals surface area contributed by atoms with Gasteiger partial charge < -0.3 is 19.5 Å². The van der Waals surface area contributed by atoms with Crippen molar-refractivity contribution in [3.63, 3.8) is 0 Å². The SMILES string of the molecule is COc1cc(Br)c([C@H]2C(C(=O)OCC(C)C)=C(C)NC3=C2C(=O)C[C@@H](c2ccccc2)C3)cc1OC. The van der Waals surface area contributed by atoms with Crippen molar-refractivity contribution in [1.29, 1.82) is 0 Å². The Kier molecular flexibility index (Phi) is 7.88. The number of halogens is 1. The van der Waals surface area contributed by atoms with E-state index in [4.69, 9.17) is 14.2 Å². The number of carbonyl (C=O) groups is 2. The van der Waals surface area contributed by atoms with Crippen LogP contribution >= 0.6 is 15.9 Å². The molecule has 1 aliphatic heterocycles. The van der Waals surface area contributed by atoms with E-state index in [-0.39, 0.29) is 17.6 Å². The van der Waals surface area contributed by atoms with Gasteiger partial charge in [0.05, 0.1) is 26.4 Å². The Bertz CT molecular complexity index is 1230. The van der Waals surface area contributed by atoms with Crippen LogP contribution in [-0.2, 0) is 14.3 Å². The number of benzene rings is 2. The molecule has 2 aromatic rings. The third kappa shape index (κ3) is 5.07. The molecule has 0 bridgehead atoms.